The molecule has 23 heavy (non-hydrogen) atoms. The van der Waals surface area contributed by atoms with Crippen molar-refractivity contribution in [2.45, 2.75) is 38.7 Å². The quantitative estimate of drug-likeness (QED) is 0.661. The Bertz CT molecular complexity index is 701. The number of nitrogen functional groups attached to an aromatic ring is 1. The Morgan fingerprint density at radius 2 is 2.00 bits per heavy atom. The van der Waals surface area contributed by atoms with E-state index in [-0.39, 0.29) is 17.6 Å². The average Bonchev–Trinajstić information content (AvgIpc) is 3.16. The lowest BCUT2D eigenvalue weighted by molar-refractivity contribution is 0.00213. The van der Waals surface area contributed by atoms with Gasteiger partial charge in [0.2, 0.25) is 0 Å². The minimum absolute atomic E-state index is 0.0128. The summed E-state index contributed by atoms with van der Waals surface area (Å²) in [5.41, 5.74) is 6.61. The van der Waals surface area contributed by atoms with Crippen LogP contribution in [0.4, 0.5) is 5.69 Å². The van der Waals surface area contributed by atoms with Crippen LogP contribution in [-0.2, 0) is 0 Å². The molecule has 122 valence electrons. The van der Waals surface area contributed by atoms with Crippen LogP contribution < -0.4 is 5.73 Å². The number of carbonyl (C=O) groups excluding carboxylic acids is 1. The normalized spacial score (nSPS) is 21.5. The molecule has 1 aromatic heterocycles. The highest BCUT2D eigenvalue weighted by molar-refractivity contribution is 7.17. The van der Waals surface area contributed by atoms with Crippen molar-refractivity contribution in [1.82, 2.24) is 4.98 Å². The second-order valence-corrected chi connectivity index (χ2v) is 7.84. The number of Topliss-reactive ketones (excluding diaryl/α,β-unsaturated/α-hetero) is 1. The number of benzene rings is 1. The molecule has 2 aromatic rings. The molecular formula is C18H22N2O2S. The van der Waals surface area contributed by atoms with Crippen LogP contribution in [0, 0.1) is 11.8 Å². The fraction of sp³-hybridized carbons (Fsp3) is 0.444. The second kappa shape index (κ2) is 6.06. The maximum atomic E-state index is 12.8. The molecule has 3 N–H and O–H groups in total. The Morgan fingerprint density at radius 1 is 1.30 bits per heavy atom. The maximum Gasteiger partial charge on any atom is 0.194 e. The van der Waals surface area contributed by atoms with Gasteiger partial charge in [0.1, 0.15) is 0 Å². The van der Waals surface area contributed by atoms with E-state index in [1.165, 1.54) is 11.3 Å². The van der Waals surface area contributed by atoms with Crippen LogP contribution in [0.25, 0.3) is 10.4 Å². The molecule has 5 heteroatoms. The number of carbonyl (C=O) groups is 1. The first-order chi connectivity index (χ1) is 10.9. The lowest BCUT2D eigenvalue weighted by atomic mass is 9.80. The zero-order chi connectivity index (χ0) is 16.6. The first-order valence-corrected chi connectivity index (χ1v) is 8.76. The monoisotopic (exact) mass is 330 g/mol. The highest BCUT2D eigenvalue weighted by Gasteiger charge is 2.42. The summed E-state index contributed by atoms with van der Waals surface area (Å²) in [5.74, 6) is -0.0411. The van der Waals surface area contributed by atoms with Crippen molar-refractivity contribution < 1.29 is 9.90 Å². The number of nitrogens with zero attached hydrogens (tertiary/aromatic N) is 1. The van der Waals surface area contributed by atoms with Gasteiger partial charge in [-0.2, -0.15) is 0 Å². The van der Waals surface area contributed by atoms with E-state index in [0.29, 0.717) is 10.7 Å². The number of anilines is 1. The Hall–Kier alpha value is -1.72. The van der Waals surface area contributed by atoms with Crippen molar-refractivity contribution in [3.8, 4) is 10.4 Å². The summed E-state index contributed by atoms with van der Waals surface area (Å²) >= 11 is 1.42. The van der Waals surface area contributed by atoms with Crippen molar-refractivity contribution in [2.24, 2.45) is 11.8 Å². The molecular weight excluding hydrogens is 308 g/mol. The number of aliphatic hydroxyl groups is 1. The standard InChI is InChI=1S/C18H22N2O2S/c1-18(2,22)14-5-3-4-13(14)16(21)17-20-10-15(23-17)11-6-8-12(19)9-7-11/h6-10,13-14,22H,3-5,19H2,1-2H3. The Morgan fingerprint density at radius 3 is 2.65 bits per heavy atom. The molecule has 4 nitrogen and oxygen atoms in total. The Balaban J connectivity index is 1.82. The summed E-state index contributed by atoms with van der Waals surface area (Å²) in [6.45, 7) is 3.59. The van der Waals surface area contributed by atoms with E-state index in [2.05, 4.69) is 4.98 Å². The van der Waals surface area contributed by atoms with Crippen molar-refractivity contribution in [2.75, 3.05) is 5.73 Å². The van der Waals surface area contributed by atoms with Crippen molar-refractivity contribution in [3.63, 3.8) is 0 Å². The molecule has 1 aliphatic carbocycles. The number of thiazole rings is 1. The SMILES string of the molecule is CC(C)(O)C1CCCC1C(=O)c1ncc(-c2ccc(N)cc2)s1. The van der Waals surface area contributed by atoms with E-state index in [9.17, 15) is 9.90 Å². The molecule has 0 aliphatic heterocycles. The number of aromatic nitrogens is 1. The van der Waals surface area contributed by atoms with Gasteiger partial charge in [0.25, 0.3) is 0 Å². The topological polar surface area (TPSA) is 76.2 Å². The van der Waals surface area contributed by atoms with E-state index in [4.69, 9.17) is 5.73 Å². The van der Waals surface area contributed by atoms with Crippen LogP contribution in [0.5, 0.6) is 0 Å². The molecule has 1 aromatic carbocycles. The van der Waals surface area contributed by atoms with Gasteiger partial charge in [0.15, 0.2) is 10.8 Å². The summed E-state index contributed by atoms with van der Waals surface area (Å²) in [6.07, 6.45) is 4.47. The smallest absolute Gasteiger partial charge is 0.194 e. The van der Waals surface area contributed by atoms with Gasteiger partial charge in [-0.1, -0.05) is 18.6 Å². The van der Waals surface area contributed by atoms with Gasteiger partial charge in [-0.3, -0.25) is 4.79 Å². The highest BCUT2D eigenvalue weighted by Crippen LogP contribution is 2.41. The van der Waals surface area contributed by atoms with Gasteiger partial charge < -0.3 is 10.8 Å². The molecule has 1 fully saturated rings. The van der Waals surface area contributed by atoms with Crippen LogP contribution in [-0.4, -0.2) is 21.5 Å². The molecule has 0 bridgehead atoms. The van der Waals surface area contributed by atoms with Crippen LogP contribution in [0.2, 0.25) is 0 Å². The molecule has 0 spiro atoms. The van der Waals surface area contributed by atoms with Crippen molar-refractivity contribution >= 4 is 22.8 Å². The molecule has 1 heterocycles. The third-order valence-corrected chi connectivity index (χ3v) is 5.73. The third kappa shape index (κ3) is 3.31. The average molecular weight is 330 g/mol. The summed E-state index contributed by atoms with van der Waals surface area (Å²) in [4.78, 5) is 18.1. The van der Waals surface area contributed by atoms with E-state index in [1.807, 2.05) is 24.3 Å². The summed E-state index contributed by atoms with van der Waals surface area (Å²) in [7, 11) is 0. The third-order valence-electron chi connectivity index (χ3n) is 4.67. The molecule has 1 saturated carbocycles. The van der Waals surface area contributed by atoms with Gasteiger partial charge in [-0.15, -0.1) is 11.3 Å². The predicted molar refractivity (Wildman–Crippen MR) is 93.4 cm³/mol. The highest BCUT2D eigenvalue weighted by atomic mass is 32.1. The number of rotatable bonds is 4. The van der Waals surface area contributed by atoms with Crippen molar-refractivity contribution in [3.05, 3.63) is 35.5 Å². The molecule has 0 amide bonds. The first kappa shape index (κ1) is 16.1. The van der Waals surface area contributed by atoms with Gasteiger partial charge in [0, 0.05) is 17.8 Å². The first-order valence-electron chi connectivity index (χ1n) is 7.94. The van der Waals surface area contributed by atoms with E-state index < -0.39 is 5.60 Å². The zero-order valence-corrected chi connectivity index (χ0v) is 14.3. The predicted octanol–water partition coefficient (Wildman–Crippen LogP) is 3.76. The van der Waals surface area contributed by atoms with Gasteiger partial charge in [-0.05, 0) is 50.3 Å². The largest absolute Gasteiger partial charge is 0.399 e. The molecule has 2 unspecified atom stereocenters. The van der Waals surface area contributed by atoms with Crippen LogP contribution in [0.3, 0.4) is 0 Å². The summed E-state index contributed by atoms with van der Waals surface area (Å²) in [6, 6.07) is 7.56. The van der Waals surface area contributed by atoms with E-state index in [1.54, 1.807) is 20.0 Å². The van der Waals surface area contributed by atoms with Gasteiger partial charge in [0.05, 0.1) is 10.5 Å². The second-order valence-electron chi connectivity index (χ2n) is 6.81. The molecule has 0 radical (unpaired) electrons. The van der Waals surface area contributed by atoms with E-state index in [0.717, 1.165) is 29.7 Å². The van der Waals surface area contributed by atoms with Crippen LogP contribution in [0.15, 0.2) is 30.5 Å². The van der Waals surface area contributed by atoms with Crippen molar-refractivity contribution in [1.29, 1.82) is 0 Å². The Kier molecular flexibility index (Phi) is 4.25. The number of hydrogen-bond acceptors (Lipinski definition) is 5. The molecule has 0 saturated heterocycles. The number of nitrogens with two attached hydrogens (primary N) is 1. The molecule has 3 rings (SSSR count). The fourth-order valence-corrected chi connectivity index (χ4v) is 4.37. The lowest BCUT2D eigenvalue weighted by Crippen LogP contribution is -2.36. The van der Waals surface area contributed by atoms with Crippen LogP contribution in [0.1, 0.15) is 42.9 Å². The van der Waals surface area contributed by atoms with Gasteiger partial charge >= 0.3 is 0 Å². The molecule has 2 atom stereocenters. The molecule has 1 aliphatic rings. The van der Waals surface area contributed by atoms with Crippen LogP contribution >= 0.6 is 11.3 Å². The maximum absolute atomic E-state index is 12.8. The number of ketones is 1. The van der Waals surface area contributed by atoms with E-state index >= 15 is 0 Å². The fourth-order valence-electron chi connectivity index (χ4n) is 3.45. The number of hydrogen-bond donors (Lipinski definition) is 2. The minimum atomic E-state index is -0.826. The van der Waals surface area contributed by atoms with Gasteiger partial charge in [-0.25, -0.2) is 4.98 Å². The zero-order valence-electron chi connectivity index (χ0n) is 13.5. The lowest BCUT2D eigenvalue weighted by Gasteiger charge is -2.29. The Labute approximate surface area is 140 Å². The summed E-state index contributed by atoms with van der Waals surface area (Å²) in [5, 5.41) is 10.9. The summed E-state index contributed by atoms with van der Waals surface area (Å²) < 4.78 is 0. The minimum Gasteiger partial charge on any atom is -0.399 e.